The van der Waals surface area contributed by atoms with Crippen LogP contribution < -0.4 is 10.5 Å². The van der Waals surface area contributed by atoms with Crippen LogP contribution in [0.1, 0.15) is 38.7 Å². The molecule has 2 aromatic heterocycles. The molecule has 0 amide bonds. The Kier molecular flexibility index (Phi) is 6.36. The molecule has 3 heterocycles. The van der Waals surface area contributed by atoms with Gasteiger partial charge in [0.05, 0.1) is 16.6 Å². The molecule has 5 rings (SSSR count). The molecule has 8 heteroatoms. The van der Waals surface area contributed by atoms with E-state index in [0.29, 0.717) is 50.2 Å². The van der Waals surface area contributed by atoms with Crippen molar-refractivity contribution < 1.29 is 0 Å². The summed E-state index contributed by atoms with van der Waals surface area (Å²) in [7, 11) is 1.79. The third-order valence-electron chi connectivity index (χ3n) is 7.44. The number of rotatable bonds is 5. The second-order valence-corrected chi connectivity index (χ2v) is 10.5. The van der Waals surface area contributed by atoms with Crippen molar-refractivity contribution in [1.29, 1.82) is 0 Å². The van der Waals surface area contributed by atoms with Crippen LogP contribution in [-0.4, -0.2) is 32.4 Å². The van der Waals surface area contributed by atoms with Crippen molar-refractivity contribution in [2.75, 3.05) is 18.0 Å². The van der Waals surface area contributed by atoms with Gasteiger partial charge in [-0.05, 0) is 29.9 Å². The maximum atomic E-state index is 13.8. The Morgan fingerprint density at radius 2 is 1.74 bits per heavy atom. The third kappa shape index (κ3) is 4.34. The molecular formula is C27H29Cl2N5O. The Morgan fingerprint density at radius 3 is 2.43 bits per heavy atom. The molecule has 0 bridgehead atoms. The Bertz CT molecular complexity index is 1440. The molecule has 1 fully saturated rings. The van der Waals surface area contributed by atoms with Crippen molar-refractivity contribution in [3.05, 3.63) is 74.5 Å². The molecule has 6 nitrogen and oxygen atoms in total. The first-order chi connectivity index (χ1) is 16.8. The predicted octanol–water partition coefficient (Wildman–Crippen LogP) is 6.17. The van der Waals surface area contributed by atoms with Gasteiger partial charge in [0.2, 0.25) is 5.95 Å². The van der Waals surface area contributed by atoms with Crippen molar-refractivity contribution in [2.24, 2.45) is 12.5 Å². The first kappa shape index (κ1) is 23.9. The zero-order chi connectivity index (χ0) is 24.7. The van der Waals surface area contributed by atoms with Gasteiger partial charge < -0.3 is 4.90 Å². The van der Waals surface area contributed by atoms with E-state index < -0.39 is 0 Å². The van der Waals surface area contributed by atoms with Crippen LogP contribution in [0.2, 0.25) is 10.0 Å². The first-order valence-electron chi connectivity index (χ1n) is 12.0. The molecule has 0 radical (unpaired) electrons. The number of hydrogen-bond acceptors (Lipinski definition) is 4. The quantitative estimate of drug-likeness (QED) is 0.322. The number of aromatic nitrogens is 4. The van der Waals surface area contributed by atoms with Gasteiger partial charge in [-0.1, -0.05) is 85.9 Å². The summed E-state index contributed by atoms with van der Waals surface area (Å²) in [5.74, 6) is 0.679. The minimum absolute atomic E-state index is 0.140. The monoisotopic (exact) mass is 509 g/mol. The fourth-order valence-corrected chi connectivity index (χ4v) is 5.21. The predicted molar refractivity (Wildman–Crippen MR) is 144 cm³/mol. The van der Waals surface area contributed by atoms with E-state index in [9.17, 15) is 4.79 Å². The van der Waals surface area contributed by atoms with E-state index in [1.54, 1.807) is 17.7 Å². The molecule has 1 aliphatic heterocycles. The lowest BCUT2D eigenvalue weighted by Crippen LogP contribution is -2.41. The fourth-order valence-electron chi connectivity index (χ4n) is 4.82. The average molecular weight is 510 g/mol. The molecule has 35 heavy (non-hydrogen) atoms. The Labute approximate surface area is 215 Å². The number of nitrogens with zero attached hydrogens (tertiary/aromatic N) is 5. The van der Waals surface area contributed by atoms with Crippen LogP contribution in [0.25, 0.3) is 22.3 Å². The molecule has 1 saturated heterocycles. The van der Waals surface area contributed by atoms with Crippen molar-refractivity contribution in [3.63, 3.8) is 0 Å². The van der Waals surface area contributed by atoms with Gasteiger partial charge in [-0.15, -0.1) is 0 Å². The maximum Gasteiger partial charge on any atom is 0.266 e. The van der Waals surface area contributed by atoms with E-state index in [2.05, 4.69) is 18.7 Å². The molecule has 2 aromatic carbocycles. The van der Waals surface area contributed by atoms with Crippen LogP contribution in [0.15, 0.2) is 53.3 Å². The van der Waals surface area contributed by atoms with Crippen LogP contribution >= 0.6 is 23.2 Å². The molecule has 0 aliphatic carbocycles. The molecule has 0 atom stereocenters. The van der Waals surface area contributed by atoms with Crippen LogP contribution in [0.5, 0.6) is 0 Å². The molecule has 0 unspecified atom stereocenters. The lowest BCUT2D eigenvalue weighted by Gasteiger charge is -2.39. The largest absolute Gasteiger partial charge is 0.342 e. The van der Waals surface area contributed by atoms with Crippen molar-refractivity contribution >= 4 is 40.2 Å². The molecule has 4 aromatic rings. The van der Waals surface area contributed by atoms with Gasteiger partial charge in [0, 0.05) is 25.7 Å². The lowest BCUT2D eigenvalue weighted by molar-refractivity contribution is 0.236. The summed E-state index contributed by atoms with van der Waals surface area (Å²) < 4.78 is 3.45. The van der Waals surface area contributed by atoms with Gasteiger partial charge in [-0.2, -0.15) is 10.1 Å². The maximum absolute atomic E-state index is 13.8. The van der Waals surface area contributed by atoms with Gasteiger partial charge in [-0.25, -0.2) is 4.68 Å². The van der Waals surface area contributed by atoms with Gasteiger partial charge in [0.1, 0.15) is 11.1 Å². The van der Waals surface area contributed by atoms with Gasteiger partial charge >= 0.3 is 0 Å². The van der Waals surface area contributed by atoms with Gasteiger partial charge in [-0.3, -0.25) is 9.36 Å². The normalized spacial score (nSPS) is 15.6. The smallest absolute Gasteiger partial charge is 0.266 e. The minimum Gasteiger partial charge on any atom is -0.342 e. The minimum atomic E-state index is -0.140. The number of benzene rings is 2. The highest BCUT2D eigenvalue weighted by atomic mass is 35.5. The number of piperidine rings is 1. The lowest BCUT2D eigenvalue weighted by atomic mass is 9.78. The number of fused-ring (bicyclic) bond motifs is 1. The molecular weight excluding hydrogens is 481 g/mol. The van der Waals surface area contributed by atoms with E-state index in [0.717, 1.165) is 37.9 Å². The molecule has 0 N–H and O–H groups in total. The Hall–Kier alpha value is -2.83. The Morgan fingerprint density at radius 1 is 1.03 bits per heavy atom. The summed E-state index contributed by atoms with van der Waals surface area (Å²) in [5.41, 5.74) is 2.95. The topological polar surface area (TPSA) is 56.0 Å². The third-order valence-corrected chi connectivity index (χ3v) is 8.26. The highest BCUT2D eigenvalue weighted by Crippen LogP contribution is 2.37. The van der Waals surface area contributed by atoms with Gasteiger partial charge in [0.15, 0.2) is 5.65 Å². The SMILES string of the molecule is CCC1(C)CCN(c2nc3c(c(-c4cccc(Cl)c4Cl)nn3Cc3ccccc3)c(=O)n2C)CC1. The summed E-state index contributed by atoms with van der Waals surface area (Å²) in [5, 5.41) is 6.11. The highest BCUT2D eigenvalue weighted by molar-refractivity contribution is 6.43. The number of anilines is 1. The summed E-state index contributed by atoms with van der Waals surface area (Å²) in [6.07, 6.45) is 3.30. The van der Waals surface area contributed by atoms with E-state index in [4.69, 9.17) is 33.3 Å². The summed E-state index contributed by atoms with van der Waals surface area (Å²) in [6.45, 7) is 6.82. The number of halogens is 2. The summed E-state index contributed by atoms with van der Waals surface area (Å²) in [6, 6.07) is 15.4. The Balaban J connectivity index is 1.69. The fraction of sp³-hybridized carbons (Fsp3) is 0.370. The number of hydrogen-bond donors (Lipinski definition) is 0. The highest BCUT2D eigenvalue weighted by Gasteiger charge is 2.31. The van der Waals surface area contributed by atoms with E-state index in [-0.39, 0.29) is 5.56 Å². The standard InChI is InChI=1S/C27H29Cl2N5O/c1-4-27(2)13-15-33(16-14-27)26-30-24-21(25(35)32(26)3)23(19-11-8-12-20(28)22(19)29)31-34(24)17-18-9-6-5-7-10-18/h5-12H,4,13-17H2,1-3H3. The molecule has 0 spiro atoms. The second-order valence-electron chi connectivity index (χ2n) is 9.72. The average Bonchev–Trinajstić information content (AvgIpc) is 3.22. The van der Waals surface area contributed by atoms with E-state index in [1.807, 2.05) is 47.1 Å². The molecule has 0 saturated carbocycles. The van der Waals surface area contributed by atoms with Crippen LogP contribution in [0.3, 0.4) is 0 Å². The zero-order valence-corrected chi connectivity index (χ0v) is 21.8. The van der Waals surface area contributed by atoms with Crippen LogP contribution in [0.4, 0.5) is 5.95 Å². The summed E-state index contributed by atoms with van der Waals surface area (Å²) in [4.78, 5) is 21.1. The summed E-state index contributed by atoms with van der Waals surface area (Å²) >= 11 is 12.9. The molecule has 182 valence electrons. The van der Waals surface area contributed by atoms with E-state index in [1.165, 1.54) is 0 Å². The molecule has 1 aliphatic rings. The van der Waals surface area contributed by atoms with Crippen LogP contribution in [-0.2, 0) is 13.6 Å². The van der Waals surface area contributed by atoms with Crippen molar-refractivity contribution in [3.8, 4) is 11.3 Å². The second kappa shape index (κ2) is 9.32. The van der Waals surface area contributed by atoms with Crippen molar-refractivity contribution in [1.82, 2.24) is 19.3 Å². The van der Waals surface area contributed by atoms with Gasteiger partial charge in [0.25, 0.3) is 5.56 Å². The van der Waals surface area contributed by atoms with Crippen LogP contribution in [0, 0.1) is 5.41 Å². The zero-order valence-electron chi connectivity index (χ0n) is 20.3. The van der Waals surface area contributed by atoms with E-state index >= 15 is 0 Å². The first-order valence-corrected chi connectivity index (χ1v) is 12.8. The van der Waals surface area contributed by atoms with Crippen molar-refractivity contribution in [2.45, 2.75) is 39.7 Å².